The van der Waals surface area contributed by atoms with Crippen molar-refractivity contribution in [3.63, 3.8) is 0 Å². The number of hydrogen-bond donors (Lipinski definition) is 1. The van der Waals surface area contributed by atoms with Crippen molar-refractivity contribution in [1.82, 2.24) is 14.8 Å². The van der Waals surface area contributed by atoms with Gasteiger partial charge in [-0.15, -0.1) is 0 Å². The van der Waals surface area contributed by atoms with Gasteiger partial charge >= 0.3 is 0 Å². The molecule has 6 heteroatoms. The van der Waals surface area contributed by atoms with Gasteiger partial charge in [-0.1, -0.05) is 0 Å². The van der Waals surface area contributed by atoms with Gasteiger partial charge < -0.3 is 14.8 Å². The molecule has 23 heavy (non-hydrogen) atoms. The van der Waals surface area contributed by atoms with E-state index < -0.39 is 0 Å². The molecule has 0 spiro atoms. The van der Waals surface area contributed by atoms with Crippen molar-refractivity contribution in [1.29, 1.82) is 0 Å². The van der Waals surface area contributed by atoms with E-state index in [0.29, 0.717) is 13.2 Å². The van der Waals surface area contributed by atoms with Crippen molar-refractivity contribution < 1.29 is 9.47 Å². The van der Waals surface area contributed by atoms with Gasteiger partial charge in [0, 0.05) is 18.8 Å². The van der Waals surface area contributed by atoms with Gasteiger partial charge in [0.15, 0.2) is 0 Å². The molecule has 0 aliphatic carbocycles. The van der Waals surface area contributed by atoms with Crippen LogP contribution in [-0.4, -0.2) is 47.2 Å². The summed E-state index contributed by atoms with van der Waals surface area (Å²) in [4.78, 5) is 4.43. The Kier molecular flexibility index (Phi) is 5.25. The van der Waals surface area contributed by atoms with Crippen molar-refractivity contribution in [3.05, 3.63) is 35.8 Å². The van der Waals surface area contributed by atoms with E-state index in [9.17, 15) is 0 Å². The molecule has 1 aliphatic rings. The fourth-order valence-electron chi connectivity index (χ4n) is 2.75. The summed E-state index contributed by atoms with van der Waals surface area (Å²) in [5, 5.41) is 7.72. The third-order valence-electron chi connectivity index (χ3n) is 3.88. The maximum Gasteiger partial charge on any atom is 0.126 e. The van der Waals surface area contributed by atoms with Gasteiger partial charge in [0.05, 0.1) is 36.9 Å². The zero-order valence-corrected chi connectivity index (χ0v) is 13.8. The minimum absolute atomic E-state index is 0.285. The number of aryl methyl sites for hydroxylation is 2. The molecule has 2 aromatic rings. The highest BCUT2D eigenvalue weighted by Gasteiger charge is 2.14. The molecule has 3 heterocycles. The van der Waals surface area contributed by atoms with Crippen LogP contribution in [0.3, 0.4) is 0 Å². The first kappa shape index (κ1) is 16.0. The fourth-order valence-corrected chi connectivity index (χ4v) is 2.75. The summed E-state index contributed by atoms with van der Waals surface area (Å²) in [6.07, 6.45) is 4.38. The van der Waals surface area contributed by atoms with Crippen LogP contribution in [0.4, 0.5) is 5.82 Å². The van der Waals surface area contributed by atoms with Crippen LogP contribution < -0.4 is 5.32 Å². The summed E-state index contributed by atoms with van der Waals surface area (Å²) in [6, 6.07) is 6.03. The molecule has 0 saturated carbocycles. The van der Waals surface area contributed by atoms with E-state index in [1.54, 1.807) is 0 Å². The van der Waals surface area contributed by atoms with Gasteiger partial charge in [0.2, 0.25) is 0 Å². The van der Waals surface area contributed by atoms with Crippen molar-refractivity contribution in [2.24, 2.45) is 0 Å². The van der Waals surface area contributed by atoms with E-state index in [0.717, 1.165) is 48.9 Å². The fraction of sp³-hybridized carbons (Fsp3) is 0.529. The Bertz CT molecular complexity index is 618. The zero-order chi connectivity index (χ0) is 16.1. The van der Waals surface area contributed by atoms with Crippen LogP contribution >= 0.6 is 0 Å². The zero-order valence-electron chi connectivity index (χ0n) is 13.8. The van der Waals surface area contributed by atoms with Crippen LogP contribution in [0.15, 0.2) is 24.4 Å². The Morgan fingerprint density at radius 2 is 2.30 bits per heavy atom. The third kappa shape index (κ3) is 4.30. The van der Waals surface area contributed by atoms with Crippen LogP contribution in [0.2, 0.25) is 0 Å². The Balaban J connectivity index is 1.43. The lowest BCUT2D eigenvalue weighted by molar-refractivity contribution is 0.0206. The molecule has 1 atom stereocenters. The summed E-state index contributed by atoms with van der Waals surface area (Å²) >= 11 is 0. The number of nitrogens with zero attached hydrogens (tertiary/aromatic N) is 3. The van der Waals surface area contributed by atoms with Gasteiger partial charge in [-0.3, -0.25) is 0 Å². The van der Waals surface area contributed by atoms with Gasteiger partial charge in [-0.2, -0.15) is 5.10 Å². The van der Waals surface area contributed by atoms with E-state index in [4.69, 9.17) is 9.47 Å². The van der Waals surface area contributed by atoms with Crippen LogP contribution in [-0.2, 0) is 9.47 Å². The van der Waals surface area contributed by atoms with E-state index in [1.165, 1.54) is 0 Å². The van der Waals surface area contributed by atoms with Crippen LogP contribution in [0, 0.1) is 13.8 Å². The van der Waals surface area contributed by atoms with Gasteiger partial charge in [-0.25, -0.2) is 9.67 Å². The molecule has 0 bridgehead atoms. The third-order valence-corrected chi connectivity index (χ3v) is 3.88. The molecular formula is C17H24N4O2. The molecule has 1 N–H and O–H groups in total. The average Bonchev–Trinajstić information content (AvgIpc) is 3.17. The molecule has 0 radical (unpaired) electrons. The number of aromatic nitrogens is 3. The monoisotopic (exact) mass is 316 g/mol. The number of pyridine rings is 1. The van der Waals surface area contributed by atoms with Gasteiger partial charge in [0.25, 0.3) is 0 Å². The van der Waals surface area contributed by atoms with Gasteiger partial charge in [-0.05, 0) is 44.9 Å². The Labute approximate surface area is 136 Å². The van der Waals surface area contributed by atoms with E-state index in [-0.39, 0.29) is 6.10 Å². The largest absolute Gasteiger partial charge is 0.377 e. The minimum atomic E-state index is 0.285. The predicted molar refractivity (Wildman–Crippen MR) is 89.1 cm³/mol. The standard InChI is InChI=1S/C17H24N4O2/c1-13-10-14(2)21(20-13)15-5-6-17(19-11-15)18-7-9-22-12-16-4-3-8-23-16/h5-6,10-11,16H,3-4,7-9,12H2,1-2H3,(H,18,19)/t16-/m0/s1. The quantitative estimate of drug-likeness (QED) is 0.795. The van der Waals surface area contributed by atoms with E-state index >= 15 is 0 Å². The molecule has 2 aromatic heterocycles. The number of rotatable bonds is 7. The van der Waals surface area contributed by atoms with Crippen LogP contribution in [0.5, 0.6) is 0 Å². The molecular weight excluding hydrogens is 292 g/mol. The topological polar surface area (TPSA) is 61.2 Å². The molecule has 1 fully saturated rings. The molecule has 0 unspecified atom stereocenters. The van der Waals surface area contributed by atoms with Crippen molar-refractivity contribution in [2.45, 2.75) is 32.8 Å². The summed E-state index contributed by atoms with van der Waals surface area (Å²) in [5.41, 5.74) is 3.08. The van der Waals surface area contributed by atoms with Crippen molar-refractivity contribution in [2.75, 3.05) is 31.7 Å². The Morgan fingerprint density at radius 1 is 1.39 bits per heavy atom. The lowest BCUT2D eigenvalue weighted by Crippen LogP contribution is -2.18. The molecule has 1 aliphatic heterocycles. The number of nitrogens with one attached hydrogen (secondary N) is 1. The normalized spacial score (nSPS) is 17.6. The lowest BCUT2D eigenvalue weighted by Gasteiger charge is -2.11. The molecule has 0 amide bonds. The second-order valence-corrected chi connectivity index (χ2v) is 5.88. The molecule has 3 rings (SSSR count). The first-order chi connectivity index (χ1) is 11.2. The SMILES string of the molecule is Cc1cc(C)n(-c2ccc(NCCOC[C@@H]3CCCO3)nc2)n1. The molecule has 6 nitrogen and oxygen atoms in total. The van der Waals surface area contributed by atoms with E-state index in [2.05, 4.69) is 21.5 Å². The first-order valence-corrected chi connectivity index (χ1v) is 8.15. The molecule has 1 saturated heterocycles. The second-order valence-electron chi connectivity index (χ2n) is 5.88. The Morgan fingerprint density at radius 3 is 2.96 bits per heavy atom. The smallest absolute Gasteiger partial charge is 0.126 e. The highest BCUT2D eigenvalue weighted by molar-refractivity contribution is 5.41. The summed E-state index contributed by atoms with van der Waals surface area (Å²) in [5.74, 6) is 0.844. The second kappa shape index (κ2) is 7.57. The maximum atomic E-state index is 5.62. The molecule has 0 aromatic carbocycles. The highest BCUT2D eigenvalue weighted by atomic mass is 16.5. The van der Waals surface area contributed by atoms with Crippen LogP contribution in [0.25, 0.3) is 5.69 Å². The number of ether oxygens (including phenoxy) is 2. The average molecular weight is 316 g/mol. The highest BCUT2D eigenvalue weighted by Crippen LogP contribution is 2.13. The van der Waals surface area contributed by atoms with Crippen LogP contribution in [0.1, 0.15) is 24.2 Å². The van der Waals surface area contributed by atoms with E-state index in [1.807, 2.05) is 36.9 Å². The first-order valence-electron chi connectivity index (χ1n) is 8.15. The summed E-state index contributed by atoms with van der Waals surface area (Å²) in [7, 11) is 0. The number of hydrogen-bond acceptors (Lipinski definition) is 5. The van der Waals surface area contributed by atoms with Gasteiger partial charge in [0.1, 0.15) is 5.82 Å². The minimum Gasteiger partial charge on any atom is -0.377 e. The van der Waals surface area contributed by atoms with Crippen molar-refractivity contribution in [3.8, 4) is 5.69 Å². The number of anilines is 1. The lowest BCUT2D eigenvalue weighted by atomic mass is 10.2. The molecule has 124 valence electrons. The van der Waals surface area contributed by atoms with Crippen molar-refractivity contribution >= 4 is 5.82 Å². The maximum absolute atomic E-state index is 5.62. The predicted octanol–water partition coefficient (Wildman–Crippen LogP) is 2.49. The summed E-state index contributed by atoms with van der Waals surface area (Å²) in [6.45, 7) is 6.98. The Hall–Kier alpha value is -1.92. The summed E-state index contributed by atoms with van der Waals surface area (Å²) < 4.78 is 13.0.